The molecule has 0 spiro atoms. The van der Waals surface area contributed by atoms with Crippen molar-refractivity contribution in [3.05, 3.63) is 35.2 Å². The number of rotatable bonds is 8. The number of halogens is 1. The Bertz CT molecular complexity index is 966. The molecule has 2 heterocycles. The smallest absolute Gasteiger partial charge is 0.246 e. The van der Waals surface area contributed by atoms with Crippen LogP contribution in [0, 0.1) is 11.8 Å². The molecule has 1 aromatic heterocycles. The molecule has 0 N–H and O–H groups in total. The van der Waals surface area contributed by atoms with Gasteiger partial charge in [0.15, 0.2) is 0 Å². The van der Waals surface area contributed by atoms with Crippen LogP contribution in [-0.4, -0.2) is 50.8 Å². The van der Waals surface area contributed by atoms with Crippen molar-refractivity contribution < 1.29 is 18.9 Å². The Labute approximate surface area is 191 Å². The second-order valence-corrected chi connectivity index (χ2v) is 8.85. The number of likely N-dealkylation sites (tertiary alicyclic amines) is 1. The zero-order chi connectivity index (χ0) is 22.7. The first-order valence-corrected chi connectivity index (χ1v) is 11.6. The van der Waals surface area contributed by atoms with Gasteiger partial charge in [-0.1, -0.05) is 36.5 Å². The molecule has 1 saturated heterocycles. The maximum absolute atomic E-state index is 12.9. The predicted molar refractivity (Wildman–Crippen MR) is 117 cm³/mol. The first kappa shape index (κ1) is 22.5. The summed E-state index contributed by atoms with van der Waals surface area (Å²) in [5.41, 5.74) is 0.769. The minimum Gasteiger partial charge on any atom is -0.337 e. The molecule has 9 heteroatoms. The highest BCUT2D eigenvalue weighted by Crippen LogP contribution is 2.38. The maximum Gasteiger partial charge on any atom is 0.246 e. The van der Waals surface area contributed by atoms with Gasteiger partial charge in [-0.15, -0.1) is 0 Å². The van der Waals surface area contributed by atoms with Crippen LogP contribution in [0.1, 0.15) is 51.3 Å². The largest absolute Gasteiger partial charge is 0.337 e. The molecule has 4 rings (SSSR count). The fraction of sp³-hybridized carbons (Fsp3) is 0.522. The molecular formula is C23H27ClN4O4. The molecule has 1 aliphatic carbocycles. The summed E-state index contributed by atoms with van der Waals surface area (Å²) in [6, 6.07) is 7.09. The number of benzene rings is 1. The highest BCUT2D eigenvalue weighted by Gasteiger charge is 2.47. The van der Waals surface area contributed by atoms with Crippen molar-refractivity contribution in [2.75, 3.05) is 13.1 Å². The predicted octanol–water partition coefficient (Wildman–Crippen LogP) is 3.69. The van der Waals surface area contributed by atoms with Crippen LogP contribution in [0.4, 0.5) is 0 Å². The average Bonchev–Trinajstić information content (AvgIpc) is 3.36. The van der Waals surface area contributed by atoms with Gasteiger partial charge in [0.05, 0.1) is 18.4 Å². The van der Waals surface area contributed by atoms with Crippen LogP contribution in [0.15, 0.2) is 28.8 Å². The molecule has 1 saturated carbocycles. The van der Waals surface area contributed by atoms with Crippen LogP contribution >= 0.6 is 11.6 Å². The fourth-order valence-electron chi connectivity index (χ4n) is 4.58. The van der Waals surface area contributed by atoms with Crippen LogP contribution < -0.4 is 0 Å². The molecule has 170 valence electrons. The van der Waals surface area contributed by atoms with Gasteiger partial charge in [0, 0.05) is 30.1 Å². The number of fused-ring (bicyclic) bond motifs is 1. The summed E-state index contributed by atoms with van der Waals surface area (Å²) in [6.45, 7) is 2.81. The average molecular weight is 459 g/mol. The Kier molecular flexibility index (Phi) is 6.89. The molecule has 2 atom stereocenters. The molecule has 3 amide bonds. The SMILES string of the molecule is CCCN(Cc1nc(-c2ccc(Cl)cc2)no1)C(=O)CCN1C(=O)C2CCCCC2C1=O. The lowest BCUT2D eigenvalue weighted by Gasteiger charge is -2.22. The van der Waals surface area contributed by atoms with Gasteiger partial charge < -0.3 is 9.42 Å². The Hall–Kier alpha value is -2.74. The second kappa shape index (κ2) is 9.81. The summed E-state index contributed by atoms with van der Waals surface area (Å²) in [7, 11) is 0. The van der Waals surface area contributed by atoms with Crippen LogP contribution in [0.2, 0.25) is 5.02 Å². The van der Waals surface area contributed by atoms with Gasteiger partial charge in [-0.25, -0.2) is 0 Å². The summed E-state index contributed by atoms with van der Waals surface area (Å²) >= 11 is 5.92. The molecule has 0 bridgehead atoms. The van der Waals surface area contributed by atoms with Crippen molar-refractivity contribution in [1.82, 2.24) is 19.9 Å². The topological polar surface area (TPSA) is 96.6 Å². The molecule has 1 aliphatic heterocycles. The normalized spacial score (nSPS) is 20.5. The van der Waals surface area contributed by atoms with Crippen LogP contribution in [0.3, 0.4) is 0 Å². The van der Waals surface area contributed by atoms with Crippen molar-refractivity contribution in [2.45, 2.75) is 52.0 Å². The quantitative estimate of drug-likeness (QED) is 0.559. The van der Waals surface area contributed by atoms with E-state index in [0.29, 0.717) is 23.3 Å². The molecular weight excluding hydrogens is 432 g/mol. The lowest BCUT2D eigenvalue weighted by Crippen LogP contribution is -2.37. The number of carbonyl (C=O) groups is 3. The number of amides is 3. The van der Waals surface area contributed by atoms with Crippen molar-refractivity contribution in [2.24, 2.45) is 11.8 Å². The van der Waals surface area contributed by atoms with E-state index in [2.05, 4.69) is 10.1 Å². The molecule has 2 aromatic rings. The number of hydrogen-bond donors (Lipinski definition) is 0. The molecule has 2 aliphatic rings. The molecule has 2 fully saturated rings. The third-order valence-corrected chi connectivity index (χ3v) is 6.48. The monoisotopic (exact) mass is 458 g/mol. The fourth-order valence-corrected chi connectivity index (χ4v) is 4.70. The number of nitrogens with zero attached hydrogens (tertiary/aromatic N) is 4. The van der Waals surface area contributed by atoms with Gasteiger partial charge >= 0.3 is 0 Å². The Morgan fingerprint density at radius 3 is 2.44 bits per heavy atom. The Morgan fingerprint density at radius 2 is 1.81 bits per heavy atom. The van der Waals surface area contributed by atoms with E-state index in [9.17, 15) is 14.4 Å². The van der Waals surface area contributed by atoms with E-state index < -0.39 is 0 Å². The second-order valence-electron chi connectivity index (χ2n) is 8.41. The molecule has 1 aromatic carbocycles. The first-order valence-electron chi connectivity index (χ1n) is 11.2. The van der Waals surface area contributed by atoms with Gasteiger partial charge in [0.1, 0.15) is 0 Å². The minimum absolute atomic E-state index is 0.0924. The van der Waals surface area contributed by atoms with E-state index in [1.807, 2.05) is 6.92 Å². The Balaban J connectivity index is 1.37. The van der Waals surface area contributed by atoms with E-state index in [1.54, 1.807) is 29.2 Å². The maximum atomic E-state index is 12.9. The summed E-state index contributed by atoms with van der Waals surface area (Å²) in [6.07, 6.45) is 4.37. The van der Waals surface area contributed by atoms with Gasteiger partial charge in [-0.2, -0.15) is 4.98 Å². The van der Waals surface area contributed by atoms with Crippen LogP contribution in [-0.2, 0) is 20.9 Å². The van der Waals surface area contributed by atoms with Crippen molar-refractivity contribution >= 4 is 29.3 Å². The number of carbonyl (C=O) groups excluding carboxylic acids is 3. The van der Waals surface area contributed by atoms with Crippen molar-refractivity contribution in [3.63, 3.8) is 0 Å². The third-order valence-electron chi connectivity index (χ3n) is 6.22. The molecule has 0 radical (unpaired) electrons. The van der Waals surface area contributed by atoms with Crippen molar-refractivity contribution in [1.29, 1.82) is 0 Å². The summed E-state index contributed by atoms with van der Waals surface area (Å²) in [4.78, 5) is 45.5. The standard InChI is InChI=1S/C23H27ClN4O4/c1-2-12-27(14-19-25-21(26-32-19)15-7-9-16(24)10-8-15)20(29)11-13-28-22(30)17-5-3-4-6-18(17)23(28)31/h7-10,17-18H,2-6,11-14H2,1H3. The third kappa shape index (κ3) is 4.70. The summed E-state index contributed by atoms with van der Waals surface area (Å²) in [5, 5.41) is 4.61. The van der Waals surface area contributed by atoms with E-state index in [0.717, 1.165) is 37.7 Å². The van der Waals surface area contributed by atoms with Crippen LogP contribution in [0.25, 0.3) is 11.4 Å². The van der Waals surface area contributed by atoms with E-state index >= 15 is 0 Å². The van der Waals surface area contributed by atoms with E-state index in [1.165, 1.54) is 4.90 Å². The first-order chi connectivity index (χ1) is 15.5. The van der Waals surface area contributed by atoms with Crippen LogP contribution in [0.5, 0.6) is 0 Å². The van der Waals surface area contributed by atoms with Crippen molar-refractivity contribution in [3.8, 4) is 11.4 Å². The zero-order valence-corrected chi connectivity index (χ0v) is 18.9. The minimum atomic E-state index is -0.192. The number of aromatic nitrogens is 2. The number of imide groups is 1. The van der Waals surface area contributed by atoms with Gasteiger partial charge in [-0.05, 0) is 43.5 Å². The molecule has 2 unspecified atom stereocenters. The molecule has 8 nitrogen and oxygen atoms in total. The zero-order valence-electron chi connectivity index (χ0n) is 18.1. The summed E-state index contributed by atoms with van der Waals surface area (Å²) in [5.74, 6) is 0.00439. The highest BCUT2D eigenvalue weighted by atomic mass is 35.5. The molecule has 32 heavy (non-hydrogen) atoms. The lowest BCUT2D eigenvalue weighted by atomic mass is 9.81. The highest BCUT2D eigenvalue weighted by molar-refractivity contribution is 6.30. The Morgan fingerprint density at radius 1 is 1.16 bits per heavy atom. The summed E-state index contributed by atoms with van der Waals surface area (Å²) < 4.78 is 5.35. The van der Waals surface area contributed by atoms with Gasteiger partial charge in [0.25, 0.3) is 0 Å². The van der Waals surface area contributed by atoms with Gasteiger partial charge in [0.2, 0.25) is 29.4 Å². The van der Waals surface area contributed by atoms with E-state index in [-0.39, 0.29) is 49.1 Å². The van der Waals surface area contributed by atoms with E-state index in [4.69, 9.17) is 16.1 Å². The lowest BCUT2D eigenvalue weighted by molar-refractivity contribution is -0.141. The number of hydrogen-bond acceptors (Lipinski definition) is 6. The van der Waals surface area contributed by atoms with Gasteiger partial charge in [-0.3, -0.25) is 19.3 Å².